The Morgan fingerprint density at radius 1 is 1.16 bits per heavy atom. The first-order chi connectivity index (χ1) is 12.1. The van der Waals surface area contributed by atoms with E-state index in [0.717, 1.165) is 45.5 Å². The standard InChI is InChI=1S/C21H22N2O2/c1-14-12-19(16-6-4-5-7-20(16)25-3)23-18-10-8-15(13-17(14)18)9-11-21(24)22-2/h4-8,10,12-13H,9,11H2,1-3H3,(H,22,24). The Kier molecular flexibility index (Phi) is 4.98. The van der Waals surface area contributed by atoms with Gasteiger partial charge >= 0.3 is 0 Å². The van der Waals surface area contributed by atoms with Crippen molar-refractivity contribution in [2.45, 2.75) is 19.8 Å². The monoisotopic (exact) mass is 334 g/mol. The van der Waals surface area contributed by atoms with Crippen molar-refractivity contribution in [3.05, 3.63) is 59.7 Å². The molecule has 0 saturated heterocycles. The highest BCUT2D eigenvalue weighted by Crippen LogP contribution is 2.31. The molecule has 0 aliphatic rings. The number of fused-ring (bicyclic) bond motifs is 1. The van der Waals surface area contributed by atoms with Crippen molar-refractivity contribution in [2.75, 3.05) is 14.2 Å². The van der Waals surface area contributed by atoms with Crippen LogP contribution < -0.4 is 10.1 Å². The summed E-state index contributed by atoms with van der Waals surface area (Å²) in [4.78, 5) is 16.3. The third-order valence-corrected chi connectivity index (χ3v) is 4.38. The van der Waals surface area contributed by atoms with Gasteiger partial charge in [0.2, 0.25) is 5.91 Å². The van der Waals surface area contributed by atoms with Gasteiger partial charge in [0.25, 0.3) is 0 Å². The number of aromatic nitrogens is 1. The van der Waals surface area contributed by atoms with Crippen molar-refractivity contribution in [3.8, 4) is 17.0 Å². The minimum atomic E-state index is 0.0569. The highest BCUT2D eigenvalue weighted by Gasteiger charge is 2.10. The van der Waals surface area contributed by atoms with Crippen LogP contribution in [0, 0.1) is 6.92 Å². The van der Waals surface area contributed by atoms with E-state index in [1.165, 1.54) is 0 Å². The van der Waals surface area contributed by atoms with Crippen LogP contribution in [0.4, 0.5) is 0 Å². The zero-order chi connectivity index (χ0) is 17.8. The van der Waals surface area contributed by atoms with Gasteiger partial charge in [0.15, 0.2) is 0 Å². The third-order valence-electron chi connectivity index (χ3n) is 4.38. The first kappa shape index (κ1) is 17.0. The van der Waals surface area contributed by atoms with Crippen LogP contribution in [0.25, 0.3) is 22.2 Å². The molecule has 0 radical (unpaired) electrons. The van der Waals surface area contributed by atoms with Crippen molar-refractivity contribution in [1.82, 2.24) is 10.3 Å². The number of para-hydroxylation sites is 1. The fourth-order valence-corrected chi connectivity index (χ4v) is 2.97. The largest absolute Gasteiger partial charge is 0.496 e. The Balaban J connectivity index is 1.99. The number of pyridine rings is 1. The molecule has 0 unspecified atom stereocenters. The van der Waals surface area contributed by atoms with Crippen molar-refractivity contribution in [3.63, 3.8) is 0 Å². The van der Waals surface area contributed by atoms with Gasteiger partial charge in [-0.25, -0.2) is 4.98 Å². The Bertz CT molecular complexity index is 919. The molecule has 0 bridgehead atoms. The highest BCUT2D eigenvalue weighted by molar-refractivity contribution is 5.86. The Morgan fingerprint density at radius 3 is 2.72 bits per heavy atom. The molecule has 1 amide bonds. The normalized spacial score (nSPS) is 10.7. The molecule has 0 saturated carbocycles. The maximum absolute atomic E-state index is 11.4. The minimum Gasteiger partial charge on any atom is -0.496 e. The quantitative estimate of drug-likeness (QED) is 0.770. The van der Waals surface area contributed by atoms with Crippen molar-refractivity contribution >= 4 is 16.8 Å². The summed E-state index contributed by atoms with van der Waals surface area (Å²) >= 11 is 0. The molecule has 1 heterocycles. The van der Waals surface area contributed by atoms with Crippen LogP contribution in [0.5, 0.6) is 5.75 Å². The van der Waals surface area contributed by atoms with Crippen LogP contribution in [0.3, 0.4) is 0 Å². The predicted octanol–water partition coefficient (Wildman–Crippen LogP) is 3.90. The molecule has 4 nitrogen and oxygen atoms in total. The fraction of sp³-hybridized carbons (Fsp3) is 0.238. The molecule has 128 valence electrons. The number of carbonyl (C=O) groups excluding carboxylic acids is 1. The summed E-state index contributed by atoms with van der Waals surface area (Å²) in [5.74, 6) is 0.873. The van der Waals surface area contributed by atoms with E-state index in [0.29, 0.717) is 6.42 Å². The lowest BCUT2D eigenvalue weighted by Gasteiger charge is -2.11. The number of hydrogen-bond donors (Lipinski definition) is 1. The summed E-state index contributed by atoms with van der Waals surface area (Å²) in [6.07, 6.45) is 1.22. The summed E-state index contributed by atoms with van der Waals surface area (Å²) in [5.41, 5.74) is 5.14. The van der Waals surface area contributed by atoms with Crippen molar-refractivity contribution < 1.29 is 9.53 Å². The molecule has 4 heteroatoms. The molecule has 0 atom stereocenters. The molecule has 0 spiro atoms. The molecule has 0 aliphatic carbocycles. The Labute approximate surface area is 147 Å². The van der Waals surface area contributed by atoms with Crippen LogP contribution in [-0.2, 0) is 11.2 Å². The van der Waals surface area contributed by atoms with Crippen LogP contribution in [0.1, 0.15) is 17.5 Å². The number of ether oxygens (including phenoxy) is 1. The van der Waals surface area contributed by atoms with Crippen molar-refractivity contribution in [1.29, 1.82) is 0 Å². The highest BCUT2D eigenvalue weighted by atomic mass is 16.5. The molecule has 25 heavy (non-hydrogen) atoms. The summed E-state index contributed by atoms with van der Waals surface area (Å²) in [6.45, 7) is 2.09. The number of methoxy groups -OCH3 is 1. The van der Waals surface area contributed by atoms with Crippen LogP contribution in [0.15, 0.2) is 48.5 Å². The number of rotatable bonds is 5. The summed E-state index contributed by atoms with van der Waals surface area (Å²) in [5, 5.41) is 3.78. The average Bonchev–Trinajstić information content (AvgIpc) is 2.66. The van der Waals surface area contributed by atoms with Gasteiger partial charge in [-0.05, 0) is 54.8 Å². The fourth-order valence-electron chi connectivity index (χ4n) is 2.97. The topological polar surface area (TPSA) is 51.2 Å². The van der Waals surface area contributed by atoms with E-state index in [-0.39, 0.29) is 5.91 Å². The second kappa shape index (κ2) is 7.34. The maximum atomic E-state index is 11.4. The van der Waals surface area contributed by atoms with Crippen LogP contribution in [-0.4, -0.2) is 25.0 Å². The second-order valence-electron chi connectivity index (χ2n) is 6.05. The van der Waals surface area contributed by atoms with E-state index in [1.807, 2.05) is 36.4 Å². The zero-order valence-electron chi connectivity index (χ0n) is 14.8. The average molecular weight is 334 g/mol. The van der Waals surface area contributed by atoms with E-state index >= 15 is 0 Å². The smallest absolute Gasteiger partial charge is 0.220 e. The zero-order valence-corrected chi connectivity index (χ0v) is 14.8. The van der Waals surface area contributed by atoms with Gasteiger partial charge in [-0.15, -0.1) is 0 Å². The van der Waals surface area contributed by atoms with E-state index in [9.17, 15) is 4.79 Å². The molecular formula is C21H22N2O2. The minimum absolute atomic E-state index is 0.0569. The molecule has 3 rings (SSSR count). The maximum Gasteiger partial charge on any atom is 0.220 e. The van der Waals surface area contributed by atoms with Gasteiger partial charge in [0, 0.05) is 24.4 Å². The van der Waals surface area contributed by atoms with E-state index in [1.54, 1.807) is 14.2 Å². The first-order valence-electron chi connectivity index (χ1n) is 8.36. The number of nitrogens with one attached hydrogen (secondary N) is 1. The third kappa shape index (κ3) is 3.63. The number of nitrogens with zero attached hydrogens (tertiary/aromatic N) is 1. The molecule has 1 aromatic heterocycles. The van der Waals surface area contributed by atoms with Gasteiger partial charge in [-0.1, -0.05) is 18.2 Å². The predicted molar refractivity (Wildman–Crippen MR) is 101 cm³/mol. The molecule has 1 N–H and O–H groups in total. The second-order valence-corrected chi connectivity index (χ2v) is 6.05. The molecule has 3 aromatic rings. The lowest BCUT2D eigenvalue weighted by Crippen LogP contribution is -2.17. The van der Waals surface area contributed by atoms with Crippen LogP contribution >= 0.6 is 0 Å². The van der Waals surface area contributed by atoms with Crippen molar-refractivity contribution in [2.24, 2.45) is 0 Å². The van der Waals surface area contributed by atoms with Crippen LogP contribution in [0.2, 0.25) is 0 Å². The number of amides is 1. The lowest BCUT2D eigenvalue weighted by atomic mass is 10.0. The van der Waals surface area contributed by atoms with Gasteiger partial charge in [-0.2, -0.15) is 0 Å². The Morgan fingerprint density at radius 2 is 1.96 bits per heavy atom. The van der Waals surface area contributed by atoms with E-state index < -0.39 is 0 Å². The number of hydrogen-bond acceptors (Lipinski definition) is 3. The molecule has 2 aromatic carbocycles. The van der Waals surface area contributed by atoms with E-state index in [2.05, 4.69) is 24.4 Å². The summed E-state index contributed by atoms with van der Waals surface area (Å²) in [6, 6.07) is 16.2. The van der Waals surface area contributed by atoms with Gasteiger partial charge in [0.1, 0.15) is 5.75 Å². The number of benzene rings is 2. The first-order valence-corrected chi connectivity index (χ1v) is 8.36. The van der Waals surface area contributed by atoms with Gasteiger partial charge in [-0.3, -0.25) is 4.79 Å². The molecule has 0 fully saturated rings. The van der Waals surface area contributed by atoms with E-state index in [4.69, 9.17) is 9.72 Å². The number of aryl methyl sites for hydroxylation is 2. The summed E-state index contributed by atoms with van der Waals surface area (Å²) < 4.78 is 5.46. The Hall–Kier alpha value is -2.88. The lowest BCUT2D eigenvalue weighted by molar-refractivity contribution is -0.120. The SMILES string of the molecule is CNC(=O)CCc1ccc2nc(-c3ccccc3OC)cc(C)c2c1. The number of carbonyl (C=O) groups is 1. The summed E-state index contributed by atoms with van der Waals surface area (Å²) in [7, 11) is 3.33. The molecule has 0 aliphatic heterocycles. The van der Waals surface area contributed by atoms with Gasteiger partial charge in [0.05, 0.1) is 18.3 Å². The molecular weight excluding hydrogens is 312 g/mol. The van der Waals surface area contributed by atoms with Gasteiger partial charge < -0.3 is 10.1 Å².